The Morgan fingerprint density at radius 2 is 1.85 bits per heavy atom. The molecule has 0 aliphatic carbocycles. The van der Waals surface area contributed by atoms with E-state index in [1.807, 2.05) is 0 Å². The standard InChI is InChI=1S/C12H15Cl/c1-10-6-5-7-11(2)12(10)8-3-4-9-13/h3,5-8H,4,9H2,1-2H3. The molecule has 1 aromatic carbocycles. The Morgan fingerprint density at radius 3 is 2.38 bits per heavy atom. The van der Waals surface area contributed by atoms with Gasteiger partial charge in [0.15, 0.2) is 0 Å². The fourth-order valence-electron chi connectivity index (χ4n) is 1.35. The highest BCUT2D eigenvalue weighted by Crippen LogP contribution is 2.15. The van der Waals surface area contributed by atoms with E-state index in [0.29, 0.717) is 5.88 Å². The zero-order chi connectivity index (χ0) is 9.68. The van der Waals surface area contributed by atoms with Crippen LogP contribution < -0.4 is 0 Å². The molecule has 0 saturated carbocycles. The minimum Gasteiger partial charge on any atom is -0.126 e. The van der Waals surface area contributed by atoms with Gasteiger partial charge in [0.05, 0.1) is 0 Å². The number of halogens is 1. The van der Waals surface area contributed by atoms with Crippen molar-refractivity contribution in [3.8, 4) is 0 Å². The number of rotatable bonds is 3. The first-order valence-corrected chi connectivity index (χ1v) is 5.08. The third-order valence-electron chi connectivity index (χ3n) is 2.10. The van der Waals surface area contributed by atoms with Gasteiger partial charge in [-0.1, -0.05) is 30.4 Å². The normalized spacial score (nSPS) is 11.0. The molecular formula is C12H15Cl. The number of aryl methyl sites for hydroxylation is 2. The van der Waals surface area contributed by atoms with Crippen LogP contribution in [-0.4, -0.2) is 5.88 Å². The molecule has 0 nitrogen and oxygen atoms in total. The Hall–Kier alpha value is -0.750. The van der Waals surface area contributed by atoms with Crippen molar-refractivity contribution >= 4 is 17.7 Å². The van der Waals surface area contributed by atoms with Crippen LogP contribution in [0.4, 0.5) is 0 Å². The molecule has 1 rings (SSSR count). The van der Waals surface area contributed by atoms with Gasteiger partial charge in [-0.2, -0.15) is 0 Å². The van der Waals surface area contributed by atoms with Crippen LogP contribution in [-0.2, 0) is 0 Å². The van der Waals surface area contributed by atoms with Gasteiger partial charge in [0.2, 0.25) is 0 Å². The lowest BCUT2D eigenvalue weighted by Crippen LogP contribution is -1.84. The van der Waals surface area contributed by atoms with Gasteiger partial charge in [-0.3, -0.25) is 0 Å². The summed E-state index contributed by atoms with van der Waals surface area (Å²) in [5, 5.41) is 0. The van der Waals surface area contributed by atoms with Gasteiger partial charge >= 0.3 is 0 Å². The topological polar surface area (TPSA) is 0 Å². The Bertz CT molecular complexity index is 280. The fourth-order valence-corrected chi connectivity index (χ4v) is 1.48. The molecule has 0 saturated heterocycles. The first-order valence-electron chi connectivity index (χ1n) is 4.54. The van der Waals surface area contributed by atoms with Crippen molar-refractivity contribution in [2.24, 2.45) is 0 Å². The van der Waals surface area contributed by atoms with Crippen LogP contribution in [0, 0.1) is 13.8 Å². The maximum atomic E-state index is 5.60. The lowest BCUT2D eigenvalue weighted by atomic mass is 10.0. The van der Waals surface area contributed by atoms with Gasteiger partial charge in [0, 0.05) is 5.88 Å². The van der Waals surface area contributed by atoms with Crippen LogP contribution in [0.5, 0.6) is 0 Å². The van der Waals surface area contributed by atoms with Crippen LogP contribution >= 0.6 is 11.6 Å². The highest BCUT2D eigenvalue weighted by Gasteiger charge is 1.95. The third kappa shape index (κ3) is 2.89. The van der Waals surface area contributed by atoms with Crippen molar-refractivity contribution in [1.29, 1.82) is 0 Å². The maximum Gasteiger partial charge on any atom is 0.0258 e. The summed E-state index contributed by atoms with van der Waals surface area (Å²) < 4.78 is 0. The van der Waals surface area contributed by atoms with Crippen LogP contribution in [0.2, 0.25) is 0 Å². The summed E-state index contributed by atoms with van der Waals surface area (Å²) in [6.45, 7) is 4.26. The van der Waals surface area contributed by atoms with Crippen LogP contribution in [0.25, 0.3) is 6.08 Å². The maximum absolute atomic E-state index is 5.60. The van der Waals surface area contributed by atoms with Gasteiger partial charge in [-0.05, 0) is 37.0 Å². The lowest BCUT2D eigenvalue weighted by molar-refractivity contribution is 1.24. The Morgan fingerprint density at radius 1 is 1.23 bits per heavy atom. The van der Waals surface area contributed by atoms with E-state index in [9.17, 15) is 0 Å². The molecule has 0 radical (unpaired) electrons. The van der Waals surface area contributed by atoms with Crippen molar-refractivity contribution in [1.82, 2.24) is 0 Å². The number of hydrogen-bond donors (Lipinski definition) is 0. The minimum atomic E-state index is 0.696. The van der Waals surface area contributed by atoms with Crippen molar-refractivity contribution in [2.45, 2.75) is 20.3 Å². The second-order valence-electron chi connectivity index (χ2n) is 3.19. The SMILES string of the molecule is Cc1cccc(C)c1C=CCCCl. The van der Waals surface area contributed by atoms with Crippen molar-refractivity contribution < 1.29 is 0 Å². The predicted molar refractivity (Wildman–Crippen MR) is 60.3 cm³/mol. The first-order chi connectivity index (χ1) is 6.25. The minimum absolute atomic E-state index is 0.696. The molecule has 70 valence electrons. The molecule has 1 heteroatoms. The van der Waals surface area contributed by atoms with E-state index in [4.69, 9.17) is 11.6 Å². The zero-order valence-corrected chi connectivity index (χ0v) is 8.93. The molecule has 13 heavy (non-hydrogen) atoms. The number of benzene rings is 1. The van der Waals surface area contributed by atoms with E-state index in [0.717, 1.165) is 6.42 Å². The monoisotopic (exact) mass is 194 g/mol. The first kappa shape index (κ1) is 10.3. The molecule has 0 N–H and O–H groups in total. The molecule has 0 aliphatic heterocycles. The molecular weight excluding hydrogens is 180 g/mol. The summed E-state index contributed by atoms with van der Waals surface area (Å²) in [4.78, 5) is 0. The molecule has 0 bridgehead atoms. The molecule has 0 aromatic heterocycles. The summed E-state index contributed by atoms with van der Waals surface area (Å²) in [5.74, 6) is 0.696. The lowest BCUT2D eigenvalue weighted by Gasteiger charge is -2.03. The summed E-state index contributed by atoms with van der Waals surface area (Å²) >= 11 is 5.60. The number of alkyl halides is 1. The highest BCUT2D eigenvalue weighted by atomic mass is 35.5. The molecule has 0 unspecified atom stereocenters. The largest absolute Gasteiger partial charge is 0.126 e. The van der Waals surface area contributed by atoms with Crippen LogP contribution in [0.15, 0.2) is 24.3 Å². The quantitative estimate of drug-likeness (QED) is 0.640. The van der Waals surface area contributed by atoms with Crippen LogP contribution in [0.3, 0.4) is 0 Å². The Balaban J connectivity index is 2.87. The van der Waals surface area contributed by atoms with Crippen molar-refractivity contribution in [3.05, 3.63) is 41.0 Å². The molecule has 0 aliphatic rings. The Labute approximate surface area is 85.2 Å². The summed E-state index contributed by atoms with van der Waals surface area (Å²) in [6, 6.07) is 6.35. The van der Waals surface area contributed by atoms with E-state index in [-0.39, 0.29) is 0 Å². The Kier molecular flexibility index (Phi) is 4.04. The van der Waals surface area contributed by atoms with Gasteiger partial charge in [0.25, 0.3) is 0 Å². The molecule has 0 amide bonds. The molecule has 0 spiro atoms. The third-order valence-corrected chi connectivity index (χ3v) is 2.32. The summed E-state index contributed by atoms with van der Waals surface area (Å²) in [5.41, 5.74) is 3.98. The van der Waals surface area contributed by atoms with E-state index in [2.05, 4.69) is 44.2 Å². The fraction of sp³-hybridized carbons (Fsp3) is 0.333. The van der Waals surface area contributed by atoms with Gasteiger partial charge < -0.3 is 0 Å². The highest BCUT2D eigenvalue weighted by molar-refractivity contribution is 6.17. The van der Waals surface area contributed by atoms with E-state index in [1.165, 1.54) is 16.7 Å². The molecule has 0 heterocycles. The zero-order valence-electron chi connectivity index (χ0n) is 8.18. The number of allylic oxidation sites excluding steroid dienone is 1. The molecule has 0 atom stereocenters. The average Bonchev–Trinajstić information content (AvgIpc) is 2.10. The van der Waals surface area contributed by atoms with Crippen molar-refractivity contribution in [2.75, 3.05) is 5.88 Å². The molecule has 0 fully saturated rings. The summed E-state index contributed by atoms with van der Waals surface area (Å²) in [7, 11) is 0. The van der Waals surface area contributed by atoms with Gasteiger partial charge in [-0.15, -0.1) is 11.6 Å². The van der Waals surface area contributed by atoms with Crippen molar-refractivity contribution in [3.63, 3.8) is 0 Å². The van der Waals surface area contributed by atoms with E-state index >= 15 is 0 Å². The molecule has 1 aromatic rings. The van der Waals surface area contributed by atoms with Gasteiger partial charge in [-0.25, -0.2) is 0 Å². The van der Waals surface area contributed by atoms with Gasteiger partial charge in [0.1, 0.15) is 0 Å². The average molecular weight is 195 g/mol. The second-order valence-corrected chi connectivity index (χ2v) is 3.56. The van der Waals surface area contributed by atoms with E-state index in [1.54, 1.807) is 0 Å². The van der Waals surface area contributed by atoms with Crippen LogP contribution in [0.1, 0.15) is 23.1 Å². The number of hydrogen-bond acceptors (Lipinski definition) is 0. The smallest absolute Gasteiger partial charge is 0.0258 e. The van der Waals surface area contributed by atoms with E-state index < -0.39 is 0 Å². The predicted octanol–water partition coefficient (Wildman–Crippen LogP) is 3.95. The summed E-state index contributed by atoms with van der Waals surface area (Å²) in [6.07, 6.45) is 5.23. The second kappa shape index (κ2) is 5.08.